The van der Waals surface area contributed by atoms with E-state index in [1.54, 1.807) is 43.0 Å². The summed E-state index contributed by atoms with van der Waals surface area (Å²) < 4.78 is 24.9. The Hall–Kier alpha value is -5.75. The lowest BCUT2D eigenvalue weighted by Crippen LogP contribution is -2.39. The van der Waals surface area contributed by atoms with Crippen LogP contribution in [0, 0.1) is 0 Å². The monoisotopic (exact) mass is 650 g/mol. The van der Waals surface area contributed by atoms with Crippen molar-refractivity contribution in [3.63, 3.8) is 0 Å². The summed E-state index contributed by atoms with van der Waals surface area (Å²) in [4.78, 5) is 44.2. The van der Waals surface area contributed by atoms with E-state index >= 15 is 0 Å². The predicted octanol–water partition coefficient (Wildman–Crippen LogP) is 4.20. The van der Waals surface area contributed by atoms with Gasteiger partial charge in [-0.25, -0.2) is 14.5 Å². The maximum absolute atomic E-state index is 14.3. The molecule has 0 fully saturated rings. The van der Waals surface area contributed by atoms with Gasteiger partial charge in [0.1, 0.15) is 11.4 Å². The number of aromatic nitrogens is 3. The summed E-state index contributed by atoms with van der Waals surface area (Å²) >= 11 is 1.20. The van der Waals surface area contributed by atoms with E-state index in [9.17, 15) is 14.4 Å². The molecule has 0 N–H and O–H groups in total. The Morgan fingerprint density at radius 2 is 1.68 bits per heavy atom. The Balaban J connectivity index is 1.55. The fraction of sp³-hybridized carbons (Fsp3) is 0.171. The van der Waals surface area contributed by atoms with Gasteiger partial charge in [0.2, 0.25) is 0 Å². The first kappa shape index (κ1) is 31.2. The summed E-state index contributed by atoms with van der Waals surface area (Å²) in [6, 6.07) is 21.2. The fourth-order valence-corrected chi connectivity index (χ4v) is 6.46. The number of thiazole rings is 1. The number of benzene rings is 3. The number of rotatable bonds is 8. The van der Waals surface area contributed by atoms with Crippen LogP contribution >= 0.6 is 11.3 Å². The minimum Gasteiger partial charge on any atom is -0.497 e. The number of fused-ring (bicyclic) bond motifs is 1. The highest BCUT2D eigenvalue weighted by Gasteiger charge is 2.34. The van der Waals surface area contributed by atoms with E-state index in [1.165, 1.54) is 37.0 Å². The van der Waals surface area contributed by atoms with Crippen LogP contribution < -0.4 is 29.1 Å². The standard InChI is InChI=1S/C35H30N4O7S/c1-20-30(34(42)45-5)32(23-13-16-27(46-21(2)40)28(17-23)44-4)39-33(41)29(47-35(39)36-20)18-24-19-38(25-9-7-6-8-10-25)37-31(24)22-11-14-26(43-3)15-12-22/h6-19,32H,1-5H3/b29-18-/t32-/m1/s1. The highest BCUT2D eigenvalue weighted by molar-refractivity contribution is 7.07. The molecule has 0 radical (unpaired) electrons. The van der Waals surface area contributed by atoms with Gasteiger partial charge < -0.3 is 18.9 Å². The van der Waals surface area contributed by atoms with Crippen molar-refractivity contribution in [2.24, 2.45) is 4.99 Å². The molecule has 0 saturated heterocycles. The fourth-order valence-electron chi connectivity index (χ4n) is 5.42. The van der Waals surface area contributed by atoms with Crippen molar-refractivity contribution in [1.29, 1.82) is 0 Å². The van der Waals surface area contributed by atoms with E-state index < -0.39 is 18.0 Å². The van der Waals surface area contributed by atoms with Gasteiger partial charge in [-0.1, -0.05) is 35.6 Å². The molecule has 0 aliphatic carbocycles. The molecule has 1 aliphatic rings. The molecule has 3 aromatic carbocycles. The van der Waals surface area contributed by atoms with Crippen molar-refractivity contribution in [1.82, 2.24) is 14.3 Å². The summed E-state index contributed by atoms with van der Waals surface area (Å²) in [5.74, 6) is 0.0358. The smallest absolute Gasteiger partial charge is 0.338 e. The number of carbonyl (C=O) groups excluding carboxylic acids is 2. The number of ether oxygens (including phenoxy) is 4. The number of esters is 2. The average molecular weight is 651 g/mol. The number of carbonyl (C=O) groups is 2. The Morgan fingerprint density at radius 3 is 2.34 bits per heavy atom. The topological polar surface area (TPSA) is 123 Å². The number of hydrogen-bond donors (Lipinski definition) is 0. The van der Waals surface area contributed by atoms with Crippen LogP contribution in [0.4, 0.5) is 0 Å². The van der Waals surface area contributed by atoms with E-state index in [1.807, 2.05) is 60.8 Å². The molecule has 2 aromatic heterocycles. The van der Waals surface area contributed by atoms with Crippen molar-refractivity contribution in [2.75, 3.05) is 21.3 Å². The molecule has 0 bridgehead atoms. The zero-order valence-corrected chi connectivity index (χ0v) is 27.0. The van der Waals surface area contributed by atoms with Crippen LogP contribution in [0.5, 0.6) is 17.2 Å². The third kappa shape index (κ3) is 5.98. The molecule has 1 aliphatic heterocycles. The molecule has 47 heavy (non-hydrogen) atoms. The quantitative estimate of drug-likeness (QED) is 0.181. The molecule has 0 spiro atoms. The van der Waals surface area contributed by atoms with Gasteiger partial charge in [0, 0.05) is 24.2 Å². The van der Waals surface area contributed by atoms with Crippen LogP contribution in [0.1, 0.15) is 31.0 Å². The van der Waals surface area contributed by atoms with Crippen molar-refractivity contribution < 1.29 is 28.5 Å². The second-order valence-electron chi connectivity index (χ2n) is 10.5. The first-order valence-electron chi connectivity index (χ1n) is 14.5. The van der Waals surface area contributed by atoms with Crippen LogP contribution in [-0.4, -0.2) is 47.6 Å². The van der Waals surface area contributed by atoms with E-state index in [-0.39, 0.29) is 22.6 Å². The molecule has 0 amide bonds. The minimum absolute atomic E-state index is 0.199. The molecule has 0 unspecified atom stereocenters. The number of para-hydroxylation sites is 1. The molecular weight excluding hydrogens is 620 g/mol. The molecular formula is C35H30N4O7S. The van der Waals surface area contributed by atoms with Gasteiger partial charge in [-0.2, -0.15) is 5.10 Å². The van der Waals surface area contributed by atoms with Gasteiger partial charge in [-0.05, 0) is 67.1 Å². The van der Waals surface area contributed by atoms with Crippen molar-refractivity contribution in [2.45, 2.75) is 19.9 Å². The number of allylic oxidation sites excluding steroid dienone is 1. The summed E-state index contributed by atoms with van der Waals surface area (Å²) in [5.41, 5.74) is 3.85. The SMILES string of the molecule is COC(=O)C1=C(C)N=c2s/c(=C\c3cn(-c4ccccc4)nc3-c3ccc(OC)cc3)c(=O)n2[C@@H]1c1ccc(OC(C)=O)c(OC)c1. The number of methoxy groups -OCH3 is 3. The molecule has 0 saturated carbocycles. The van der Waals surface area contributed by atoms with E-state index in [4.69, 9.17) is 24.0 Å². The zero-order valence-electron chi connectivity index (χ0n) is 26.2. The molecule has 1 atom stereocenters. The molecule has 6 rings (SSSR count). The van der Waals surface area contributed by atoms with Crippen LogP contribution in [-0.2, 0) is 14.3 Å². The predicted molar refractivity (Wildman–Crippen MR) is 176 cm³/mol. The normalized spacial score (nSPS) is 14.3. The van der Waals surface area contributed by atoms with Crippen LogP contribution in [0.3, 0.4) is 0 Å². The average Bonchev–Trinajstić information content (AvgIpc) is 3.64. The van der Waals surface area contributed by atoms with Crippen molar-refractivity contribution >= 4 is 29.4 Å². The van der Waals surface area contributed by atoms with Gasteiger partial charge in [-0.3, -0.25) is 14.2 Å². The number of nitrogens with zero attached hydrogens (tertiary/aromatic N) is 4. The third-order valence-corrected chi connectivity index (χ3v) is 8.58. The maximum atomic E-state index is 14.3. The molecule has 3 heterocycles. The zero-order chi connectivity index (χ0) is 33.2. The van der Waals surface area contributed by atoms with Crippen LogP contribution in [0.15, 0.2) is 100 Å². The van der Waals surface area contributed by atoms with Crippen LogP contribution in [0.25, 0.3) is 23.0 Å². The second kappa shape index (κ2) is 12.9. The van der Waals surface area contributed by atoms with Gasteiger partial charge in [0.05, 0.1) is 48.9 Å². The van der Waals surface area contributed by atoms with E-state index in [2.05, 4.69) is 4.99 Å². The van der Waals surface area contributed by atoms with Crippen molar-refractivity contribution in [3.8, 4) is 34.2 Å². The lowest BCUT2D eigenvalue weighted by molar-refractivity contribution is -0.136. The Labute approximate surface area is 273 Å². The molecule has 5 aromatic rings. The summed E-state index contributed by atoms with van der Waals surface area (Å²) in [6.07, 6.45) is 3.66. The van der Waals surface area contributed by atoms with Crippen LogP contribution in [0.2, 0.25) is 0 Å². The van der Waals surface area contributed by atoms with Gasteiger partial charge in [0.15, 0.2) is 16.3 Å². The van der Waals surface area contributed by atoms with Gasteiger partial charge >= 0.3 is 11.9 Å². The number of hydrogen-bond acceptors (Lipinski definition) is 10. The molecule has 238 valence electrons. The molecule has 11 nitrogen and oxygen atoms in total. The Bertz CT molecular complexity index is 2210. The molecule has 12 heteroatoms. The largest absolute Gasteiger partial charge is 0.497 e. The highest BCUT2D eigenvalue weighted by Crippen LogP contribution is 2.36. The Kier molecular flexibility index (Phi) is 8.59. The minimum atomic E-state index is -0.894. The lowest BCUT2D eigenvalue weighted by atomic mass is 9.95. The van der Waals surface area contributed by atoms with E-state index in [0.717, 1.165) is 11.3 Å². The van der Waals surface area contributed by atoms with Gasteiger partial charge in [0.25, 0.3) is 5.56 Å². The van der Waals surface area contributed by atoms with E-state index in [0.29, 0.717) is 37.6 Å². The first-order chi connectivity index (χ1) is 22.7. The van der Waals surface area contributed by atoms with Crippen molar-refractivity contribution in [3.05, 3.63) is 121 Å². The second-order valence-corrected chi connectivity index (χ2v) is 11.5. The summed E-state index contributed by atoms with van der Waals surface area (Å²) in [6.45, 7) is 2.99. The third-order valence-electron chi connectivity index (χ3n) is 7.60. The van der Waals surface area contributed by atoms with Gasteiger partial charge in [-0.15, -0.1) is 0 Å². The maximum Gasteiger partial charge on any atom is 0.338 e. The Morgan fingerprint density at radius 1 is 0.936 bits per heavy atom. The summed E-state index contributed by atoms with van der Waals surface area (Å²) in [7, 11) is 4.32. The highest BCUT2D eigenvalue weighted by atomic mass is 32.1. The summed E-state index contributed by atoms with van der Waals surface area (Å²) in [5, 5.41) is 4.88. The first-order valence-corrected chi connectivity index (χ1v) is 15.3. The lowest BCUT2D eigenvalue weighted by Gasteiger charge is -2.25.